The number of hydrogen-bond acceptors (Lipinski definition) is 4. The molecule has 1 saturated heterocycles. The van der Waals surface area contributed by atoms with Crippen molar-refractivity contribution in [2.24, 2.45) is 5.73 Å². The summed E-state index contributed by atoms with van der Waals surface area (Å²) in [5.41, 5.74) is 6.84. The van der Waals surface area contributed by atoms with Gasteiger partial charge in [-0.05, 0) is 64.3 Å². The van der Waals surface area contributed by atoms with Crippen molar-refractivity contribution >= 4 is 22.4 Å². The van der Waals surface area contributed by atoms with Crippen LogP contribution in [0.25, 0.3) is 0 Å². The average Bonchev–Trinajstić information content (AvgIpc) is 2.48. The first-order chi connectivity index (χ1) is 10.7. The van der Waals surface area contributed by atoms with Gasteiger partial charge < -0.3 is 10.5 Å². The second kappa shape index (κ2) is 8.52. The number of halogens is 1. The van der Waals surface area contributed by atoms with E-state index in [2.05, 4.69) is 0 Å². The van der Waals surface area contributed by atoms with Crippen LogP contribution in [0.1, 0.15) is 45.6 Å². The molecule has 1 aliphatic heterocycles. The lowest BCUT2D eigenvalue weighted by Gasteiger charge is -2.37. The molecule has 2 N–H and O–H groups in total. The maximum Gasteiger partial charge on any atom is 0.243 e. The summed E-state index contributed by atoms with van der Waals surface area (Å²) in [6, 6.07) is 4.77. The first-order valence-electron chi connectivity index (χ1n) is 8.28. The third-order valence-electron chi connectivity index (χ3n) is 4.22. The predicted octanol–water partition coefficient (Wildman–Crippen LogP) is 3.09. The molecule has 0 spiro atoms. The van der Waals surface area contributed by atoms with Crippen molar-refractivity contribution in [3.8, 4) is 5.75 Å². The van der Waals surface area contributed by atoms with Gasteiger partial charge in [-0.3, -0.25) is 0 Å². The number of nitrogens with zero attached hydrogens (tertiary/aromatic N) is 1. The Hall–Kier alpha value is -0.820. The van der Waals surface area contributed by atoms with Gasteiger partial charge in [0.2, 0.25) is 10.0 Å². The SMILES string of the molecule is Cc1cc(S(=O)(=O)N2CCCCC2C(C)N)ccc1OC(C)C.Cl. The number of rotatable bonds is 5. The molecule has 0 bridgehead atoms. The van der Waals surface area contributed by atoms with Crippen LogP contribution in [0.15, 0.2) is 23.1 Å². The number of aryl methyl sites for hydroxylation is 1. The zero-order valence-corrected chi connectivity index (χ0v) is 16.5. The molecule has 5 nitrogen and oxygen atoms in total. The topological polar surface area (TPSA) is 72.6 Å². The van der Waals surface area contributed by atoms with E-state index in [4.69, 9.17) is 10.5 Å². The number of piperidine rings is 1. The monoisotopic (exact) mass is 376 g/mol. The lowest BCUT2D eigenvalue weighted by Crippen LogP contribution is -2.51. The molecule has 2 rings (SSSR count). The van der Waals surface area contributed by atoms with Crippen LogP contribution >= 0.6 is 12.4 Å². The lowest BCUT2D eigenvalue weighted by molar-refractivity contribution is 0.227. The minimum Gasteiger partial charge on any atom is -0.491 e. The van der Waals surface area contributed by atoms with Crippen LogP contribution < -0.4 is 10.5 Å². The van der Waals surface area contributed by atoms with Crippen LogP contribution in [-0.4, -0.2) is 37.5 Å². The Kier molecular flexibility index (Phi) is 7.53. The zero-order valence-electron chi connectivity index (χ0n) is 14.9. The maximum atomic E-state index is 13.0. The van der Waals surface area contributed by atoms with Crippen molar-refractivity contribution in [1.82, 2.24) is 4.31 Å². The highest BCUT2D eigenvalue weighted by atomic mass is 35.5. The molecule has 0 saturated carbocycles. The molecule has 138 valence electrons. The minimum absolute atomic E-state index is 0. The van der Waals surface area contributed by atoms with Gasteiger partial charge in [0.1, 0.15) is 5.75 Å². The molecular formula is C17H29ClN2O3S. The van der Waals surface area contributed by atoms with Crippen LogP contribution in [0.4, 0.5) is 0 Å². The van der Waals surface area contributed by atoms with E-state index in [1.807, 2.05) is 27.7 Å². The van der Waals surface area contributed by atoms with Gasteiger partial charge in [0.25, 0.3) is 0 Å². The van der Waals surface area contributed by atoms with Crippen LogP contribution in [-0.2, 0) is 10.0 Å². The zero-order chi connectivity index (χ0) is 17.2. The van der Waals surface area contributed by atoms with E-state index in [1.165, 1.54) is 0 Å². The molecule has 0 amide bonds. The average molecular weight is 377 g/mol. The molecule has 0 aromatic heterocycles. The fourth-order valence-corrected chi connectivity index (χ4v) is 4.92. The summed E-state index contributed by atoms with van der Waals surface area (Å²) in [7, 11) is -3.53. The number of ether oxygens (including phenoxy) is 1. The third kappa shape index (κ3) is 4.63. The highest BCUT2D eigenvalue weighted by Gasteiger charge is 2.35. The van der Waals surface area contributed by atoms with Crippen LogP contribution in [0.2, 0.25) is 0 Å². The quantitative estimate of drug-likeness (QED) is 0.856. The normalized spacial score (nSPS) is 20.5. The minimum atomic E-state index is -3.53. The number of sulfonamides is 1. The van der Waals surface area contributed by atoms with Crippen molar-refractivity contribution in [1.29, 1.82) is 0 Å². The number of hydrogen-bond donors (Lipinski definition) is 1. The first-order valence-corrected chi connectivity index (χ1v) is 9.72. The van der Waals surface area contributed by atoms with Gasteiger partial charge in [-0.2, -0.15) is 4.31 Å². The Balaban J connectivity index is 0.00000288. The summed E-state index contributed by atoms with van der Waals surface area (Å²) in [5.74, 6) is 0.723. The molecule has 2 unspecified atom stereocenters. The molecule has 1 aliphatic rings. The van der Waals surface area contributed by atoms with Gasteiger partial charge in [0.15, 0.2) is 0 Å². The summed E-state index contributed by atoms with van der Waals surface area (Å²) >= 11 is 0. The van der Waals surface area contributed by atoms with E-state index in [1.54, 1.807) is 22.5 Å². The Labute approximate surface area is 152 Å². The van der Waals surface area contributed by atoms with Crippen LogP contribution in [0.3, 0.4) is 0 Å². The van der Waals surface area contributed by atoms with Crippen LogP contribution in [0, 0.1) is 6.92 Å². The number of benzene rings is 1. The van der Waals surface area contributed by atoms with E-state index in [0.29, 0.717) is 11.4 Å². The largest absolute Gasteiger partial charge is 0.491 e. The summed E-state index contributed by atoms with van der Waals surface area (Å²) < 4.78 is 33.3. The van der Waals surface area contributed by atoms with Gasteiger partial charge in [0, 0.05) is 18.6 Å². The molecule has 7 heteroatoms. The Bertz CT molecular complexity index is 647. The molecule has 1 aromatic carbocycles. The van der Waals surface area contributed by atoms with Crippen molar-refractivity contribution in [3.63, 3.8) is 0 Å². The molecule has 0 aliphatic carbocycles. The predicted molar refractivity (Wildman–Crippen MR) is 99.4 cm³/mol. The number of nitrogens with two attached hydrogens (primary N) is 1. The first kappa shape index (κ1) is 21.2. The van der Waals surface area contributed by atoms with Crippen molar-refractivity contribution in [2.45, 2.75) is 70.0 Å². The van der Waals surface area contributed by atoms with Crippen molar-refractivity contribution in [2.75, 3.05) is 6.54 Å². The Morgan fingerprint density at radius 2 is 1.92 bits per heavy atom. The fourth-order valence-electron chi connectivity index (χ4n) is 3.06. The molecule has 1 fully saturated rings. The maximum absolute atomic E-state index is 13.0. The summed E-state index contributed by atoms with van der Waals surface area (Å²) in [5, 5.41) is 0. The molecule has 1 aromatic rings. The standard InChI is InChI=1S/C17H28N2O3S.ClH/c1-12(2)22-17-9-8-15(11-13(17)3)23(20,21)19-10-6-5-7-16(19)14(4)18;/h8-9,11-12,14,16H,5-7,10,18H2,1-4H3;1H. The van der Waals surface area contributed by atoms with E-state index in [9.17, 15) is 8.42 Å². The summed E-state index contributed by atoms with van der Waals surface area (Å²) in [6.07, 6.45) is 2.79. The molecule has 1 heterocycles. The highest BCUT2D eigenvalue weighted by Crippen LogP contribution is 2.29. The second-order valence-electron chi connectivity index (χ2n) is 6.63. The van der Waals surface area contributed by atoms with Gasteiger partial charge in [-0.1, -0.05) is 6.42 Å². The third-order valence-corrected chi connectivity index (χ3v) is 6.14. The smallest absolute Gasteiger partial charge is 0.243 e. The Morgan fingerprint density at radius 3 is 2.46 bits per heavy atom. The van der Waals surface area contributed by atoms with Gasteiger partial charge in [-0.25, -0.2) is 8.42 Å². The molecule has 24 heavy (non-hydrogen) atoms. The highest BCUT2D eigenvalue weighted by molar-refractivity contribution is 7.89. The van der Waals surface area contributed by atoms with E-state index >= 15 is 0 Å². The van der Waals surface area contributed by atoms with Crippen LogP contribution in [0.5, 0.6) is 5.75 Å². The van der Waals surface area contributed by atoms with E-state index in [-0.39, 0.29) is 30.6 Å². The lowest BCUT2D eigenvalue weighted by atomic mass is 10.00. The second-order valence-corrected chi connectivity index (χ2v) is 8.52. The summed E-state index contributed by atoms with van der Waals surface area (Å²) in [4.78, 5) is 0.318. The molecule has 2 atom stereocenters. The van der Waals surface area contributed by atoms with Crippen molar-refractivity contribution < 1.29 is 13.2 Å². The molecular weight excluding hydrogens is 348 g/mol. The van der Waals surface area contributed by atoms with Gasteiger partial charge in [0.05, 0.1) is 11.0 Å². The van der Waals surface area contributed by atoms with Gasteiger partial charge in [-0.15, -0.1) is 12.4 Å². The Morgan fingerprint density at radius 1 is 1.25 bits per heavy atom. The van der Waals surface area contributed by atoms with E-state index < -0.39 is 10.0 Å². The van der Waals surface area contributed by atoms with Gasteiger partial charge >= 0.3 is 0 Å². The molecule has 0 radical (unpaired) electrons. The van der Waals surface area contributed by atoms with Crippen molar-refractivity contribution in [3.05, 3.63) is 23.8 Å². The summed E-state index contributed by atoms with van der Waals surface area (Å²) in [6.45, 7) is 8.19. The van der Waals surface area contributed by atoms with E-state index in [0.717, 1.165) is 30.6 Å². The fraction of sp³-hybridized carbons (Fsp3) is 0.647.